The molecule has 2 aromatic rings. The number of hydrogen-bond donors (Lipinski definition) is 1. The van der Waals surface area contributed by atoms with E-state index in [1.54, 1.807) is 23.0 Å². The number of rotatable bonds is 2. The summed E-state index contributed by atoms with van der Waals surface area (Å²) in [5, 5.41) is 0.706. The molecule has 0 bridgehead atoms. The molecule has 0 aliphatic heterocycles. The summed E-state index contributed by atoms with van der Waals surface area (Å²) in [6.07, 6.45) is 3.30. The number of H-pyrrole nitrogens is 1. The van der Waals surface area contributed by atoms with E-state index in [4.69, 9.17) is 0 Å². The summed E-state index contributed by atoms with van der Waals surface area (Å²) < 4.78 is 1.60. The van der Waals surface area contributed by atoms with Crippen LogP contribution in [0.2, 0.25) is 0 Å². The Morgan fingerprint density at radius 1 is 1.53 bits per heavy atom. The predicted octanol–water partition coefficient (Wildman–Crippen LogP) is 1.55. The zero-order valence-electron chi connectivity index (χ0n) is 8.70. The molecular formula is C11H12N2O2. The van der Waals surface area contributed by atoms with Gasteiger partial charge < -0.3 is 9.55 Å². The minimum Gasteiger partial charge on any atom is -0.356 e. The Morgan fingerprint density at radius 2 is 2.27 bits per heavy atom. The van der Waals surface area contributed by atoms with Crippen molar-refractivity contribution in [1.82, 2.24) is 9.55 Å². The number of aromatic amines is 1. The molecule has 2 heterocycles. The summed E-state index contributed by atoms with van der Waals surface area (Å²) in [7, 11) is 0. The summed E-state index contributed by atoms with van der Waals surface area (Å²) in [4.78, 5) is 25.9. The van der Waals surface area contributed by atoms with Gasteiger partial charge in [-0.25, -0.2) is 0 Å². The number of aromatic nitrogens is 2. The van der Waals surface area contributed by atoms with Crippen LogP contribution < -0.4 is 5.56 Å². The number of hydrogen-bond acceptors (Lipinski definition) is 2. The Bertz CT molecular complexity index is 578. The van der Waals surface area contributed by atoms with E-state index >= 15 is 0 Å². The normalized spacial score (nSPS) is 10.8. The number of aryl methyl sites for hydroxylation is 1. The molecule has 4 nitrogen and oxygen atoms in total. The highest BCUT2D eigenvalue weighted by Crippen LogP contribution is 2.14. The van der Waals surface area contributed by atoms with Gasteiger partial charge in [-0.3, -0.25) is 9.59 Å². The van der Waals surface area contributed by atoms with Gasteiger partial charge in [-0.2, -0.15) is 0 Å². The number of carbonyl (C=O) groups is 1. The molecule has 0 radical (unpaired) electrons. The van der Waals surface area contributed by atoms with Gasteiger partial charge in [-0.05, 0) is 19.9 Å². The maximum absolute atomic E-state index is 11.8. The van der Waals surface area contributed by atoms with E-state index < -0.39 is 0 Å². The van der Waals surface area contributed by atoms with Crippen LogP contribution in [0.5, 0.6) is 0 Å². The third-order valence-corrected chi connectivity index (χ3v) is 2.54. The van der Waals surface area contributed by atoms with Crippen LogP contribution in [-0.2, 0) is 6.54 Å². The summed E-state index contributed by atoms with van der Waals surface area (Å²) >= 11 is 0. The number of fused-ring (bicyclic) bond motifs is 1. The third kappa shape index (κ3) is 1.38. The first-order chi connectivity index (χ1) is 7.15. The second-order valence-corrected chi connectivity index (χ2v) is 3.45. The Kier molecular flexibility index (Phi) is 2.19. The van der Waals surface area contributed by atoms with Gasteiger partial charge in [0.2, 0.25) is 0 Å². The smallest absolute Gasteiger partial charge is 0.274 e. The van der Waals surface area contributed by atoms with E-state index in [-0.39, 0.29) is 11.3 Å². The molecule has 1 N–H and O–H groups in total. The van der Waals surface area contributed by atoms with Gasteiger partial charge in [-0.15, -0.1) is 0 Å². The second kappa shape index (κ2) is 3.38. The van der Waals surface area contributed by atoms with Gasteiger partial charge >= 0.3 is 0 Å². The van der Waals surface area contributed by atoms with Crippen molar-refractivity contribution in [2.75, 3.05) is 0 Å². The lowest BCUT2D eigenvalue weighted by Crippen LogP contribution is -2.18. The number of nitrogens with one attached hydrogen (secondary N) is 1. The number of Topliss-reactive ketones (excluding diaryl/α,β-unsaturated/α-hetero) is 1. The van der Waals surface area contributed by atoms with Crippen LogP contribution in [0.4, 0.5) is 0 Å². The molecule has 15 heavy (non-hydrogen) atoms. The van der Waals surface area contributed by atoms with Crippen LogP contribution in [0.1, 0.15) is 24.2 Å². The van der Waals surface area contributed by atoms with Gasteiger partial charge in [0.15, 0.2) is 5.78 Å². The molecular weight excluding hydrogens is 192 g/mol. The van der Waals surface area contributed by atoms with E-state index in [1.807, 2.05) is 6.92 Å². The van der Waals surface area contributed by atoms with Crippen LogP contribution in [0, 0.1) is 0 Å². The quantitative estimate of drug-likeness (QED) is 0.754. The minimum absolute atomic E-state index is 0.0325. The van der Waals surface area contributed by atoms with Gasteiger partial charge in [-0.1, -0.05) is 0 Å². The lowest BCUT2D eigenvalue weighted by Gasteiger charge is -2.00. The molecule has 0 saturated heterocycles. The fourth-order valence-corrected chi connectivity index (χ4v) is 1.70. The summed E-state index contributed by atoms with van der Waals surface area (Å²) in [5.41, 5.74) is 0.998. The van der Waals surface area contributed by atoms with Gasteiger partial charge in [0.05, 0.1) is 0 Å². The largest absolute Gasteiger partial charge is 0.356 e. The fraction of sp³-hybridized carbons (Fsp3) is 0.273. The fourth-order valence-electron chi connectivity index (χ4n) is 1.70. The van der Waals surface area contributed by atoms with Crippen molar-refractivity contribution in [3.05, 3.63) is 34.4 Å². The summed E-state index contributed by atoms with van der Waals surface area (Å²) in [6.45, 7) is 4.03. The zero-order chi connectivity index (χ0) is 11.0. The predicted molar refractivity (Wildman–Crippen MR) is 58.2 cm³/mol. The number of pyridine rings is 1. The van der Waals surface area contributed by atoms with Crippen LogP contribution in [-0.4, -0.2) is 15.3 Å². The van der Waals surface area contributed by atoms with Crippen LogP contribution in [0.3, 0.4) is 0 Å². The highest BCUT2D eigenvalue weighted by atomic mass is 16.1. The Balaban J connectivity index is 2.82. The molecule has 0 saturated carbocycles. The maximum Gasteiger partial charge on any atom is 0.274 e. The van der Waals surface area contributed by atoms with Crippen molar-refractivity contribution in [3.63, 3.8) is 0 Å². The van der Waals surface area contributed by atoms with Crippen molar-refractivity contribution in [2.45, 2.75) is 20.4 Å². The minimum atomic E-state index is -0.0810. The van der Waals surface area contributed by atoms with E-state index in [2.05, 4.69) is 4.98 Å². The van der Waals surface area contributed by atoms with Crippen LogP contribution >= 0.6 is 0 Å². The average molecular weight is 204 g/mol. The highest BCUT2D eigenvalue weighted by molar-refractivity contribution is 6.06. The average Bonchev–Trinajstić information content (AvgIpc) is 2.62. The van der Waals surface area contributed by atoms with Crippen molar-refractivity contribution in [2.24, 2.45) is 0 Å². The van der Waals surface area contributed by atoms with Crippen molar-refractivity contribution in [3.8, 4) is 0 Å². The monoisotopic (exact) mass is 204 g/mol. The molecule has 0 aliphatic carbocycles. The Morgan fingerprint density at radius 3 is 2.87 bits per heavy atom. The van der Waals surface area contributed by atoms with Crippen molar-refractivity contribution >= 4 is 16.7 Å². The molecule has 0 aliphatic rings. The molecule has 2 rings (SSSR count). The Labute approximate surface area is 86.5 Å². The van der Waals surface area contributed by atoms with Gasteiger partial charge in [0.25, 0.3) is 5.56 Å². The van der Waals surface area contributed by atoms with Crippen LogP contribution in [0.25, 0.3) is 10.9 Å². The highest BCUT2D eigenvalue weighted by Gasteiger charge is 2.10. The molecule has 0 unspecified atom stereocenters. The second-order valence-electron chi connectivity index (χ2n) is 3.45. The summed E-state index contributed by atoms with van der Waals surface area (Å²) in [6, 6.07) is 1.80. The van der Waals surface area contributed by atoms with Crippen molar-refractivity contribution in [1.29, 1.82) is 0 Å². The van der Waals surface area contributed by atoms with Crippen molar-refractivity contribution < 1.29 is 4.79 Å². The first kappa shape index (κ1) is 9.71. The molecule has 0 aromatic carbocycles. The molecule has 0 atom stereocenters. The van der Waals surface area contributed by atoms with Gasteiger partial charge in [0, 0.05) is 29.9 Å². The van der Waals surface area contributed by atoms with E-state index in [0.29, 0.717) is 23.0 Å². The zero-order valence-corrected chi connectivity index (χ0v) is 8.70. The molecule has 0 amide bonds. The van der Waals surface area contributed by atoms with E-state index in [0.717, 1.165) is 0 Å². The molecule has 78 valence electrons. The number of nitrogens with zero attached hydrogens (tertiary/aromatic N) is 1. The van der Waals surface area contributed by atoms with Gasteiger partial charge in [0.1, 0.15) is 5.52 Å². The standard InChI is InChI=1S/C11H12N2O2/c1-3-13-5-4-8-9(7(2)14)6-12-10(8)11(13)15/h4-6,12H,3H2,1-2H3. The molecule has 4 heteroatoms. The third-order valence-electron chi connectivity index (χ3n) is 2.54. The number of ketones is 1. The molecule has 2 aromatic heterocycles. The van der Waals surface area contributed by atoms with E-state index in [1.165, 1.54) is 6.92 Å². The molecule has 0 fully saturated rings. The first-order valence-corrected chi connectivity index (χ1v) is 4.86. The lowest BCUT2D eigenvalue weighted by atomic mass is 10.1. The Hall–Kier alpha value is -1.84. The SMILES string of the molecule is CCn1ccc2c(C(C)=O)c[nH]c2c1=O. The topological polar surface area (TPSA) is 54.9 Å². The number of carbonyl (C=O) groups excluding carboxylic acids is 1. The maximum atomic E-state index is 11.8. The van der Waals surface area contributed by atoms with Crippen LogP contribution in [0.15, 0.2) is 23.3 Å². The molecule has 0 spiro atoms. The first-order valence-electron chi connectivity index (χ1n) is 4.86. The lowest BCUT2D eigenvalue weighted by molar-refractivity contribution is 0.101. The van der Waals surface area contributed by atoms with E-state index in [9.17, 15) is 9.59 Å². The summed E-state index contributed by atoms with van der Waals surface area (Å²) in [5.74, 6) is -0.0325.